The predicted octanol–water partition coefficient (Wildman–Crippen LogP) is 7.15. The van der Waals surface area contributed by atoms with Gasteiger partial charge in [-0.2, -0.15) is 26.3 Å². The van der Waals surface area contributed by atoms with E-state index >= 15 is 0 Å². The Bertz CT molecular complexity index is 1350. The normalized spacial score (nSPS) is 21.2. The average molecular weight is 524 g/mol. The fraction of sp³-hybridized carbons (Fsp3) is 0.462. The van der Waals surface area contributed by atoms with E-state index in [1.54, 1.807) is 12.1 Å². The SMILES string of the molecule is FC(F)(F)Cc1cc2c(N3CC4(CCC(Cc5ccc6c(c5)CC(C(F)(F)F)=C6)C4)C3)ncnc2s1. The van der Waals surface area contributed by atoms with Gasteiger partial charge in [0.2, 0.25) is 0 Å². The van der Waals surface area contributed by atoms with Crippen LogP contribution in [0.15, 0.2) is 36.2 Å². The van der Waals surface area contributed by atoms with Crippen LogP contribution in [0, 0.1) is 11.3 Å². The first-order valence-corrected chi connectivity index (χ1v) is 12.7. The van der Waals surface area contributed by atoms with E-state index in [1.165, 1.54) is 12.4 Å². The molecule has 1 spiro atoms. The van der Waals surface area contributed by atoms with Crippen molar-refractivity contribution in [3.63, 3.8) is 0 Å². The molecule has 1 saturated heterocycles. The minimum absolute atomic E-state index is 0.0586. The van der Waals surface area contributed by atoms with Crippen molar-refractivity contribution in [3.05, 3.63) is 57.7 Å². The summed E-state index contributed by atoms with van der Waals surface area (Å²) in [4.78, 5) is 11.5. The Labute approximate surface area is 207 Å². The van der Waals surface area contributed by atoms with Crippen molar-refractivity contribution in [2.45, 2.75) is 50.9 Å². The number of hydrogen-bond donors (Lipinski definition) is 0. The first-order valence-electron chi connectivity index (χ1n) is 11.9. The lowest BCUT2D eigenvalue weighted by molar-refractivity contribution is -0.126. The van der Waals surface area contributed by atoms with Gasteiger partial charge in [0, 0.05) is 35.4 Å². The molecule has 0 bridgehead atoms. The summed E-state index contributed by atoms with van der Waals surface area (Å²) in [6.07, 6.45) is -2.90. The third kappa shape index (κ3) is 4.48. The van der Waals surface area contributed by atoms with Gasteiger partial charge in [-0.1, -0.05) is 18.2 Å². The number of allylic oxidation sites excluding steroid dienone is 1. The van der Waals surface area contributed by atoms with Gasteiger partial charge in [0.15, 0.2) is 0 Å². The van der Waals surface area contributed by atoms with E-state index < -0.39 is 24.3 Å². The molecule has 190 valence electrons. The third-order valence-electron chi connectivity index (χ3n) is 7.70. The molecule has 6 rings (SSSR count). The molecule has 1 unspecified atom stereocenters. The number of hydrogen-bond acceptors (Lipinski definition) is 4. The lowest BCUT2D eigenvalue weighted by atomic mass is 9.77. The molecule has 1 aliphatic heterocycles. The van der Waals surface area contributed by atoms with E-state index in [0.29, 0.717) is 27.5 Å². The zero-order valence-electron chi connectivity index (χ0n) is 19.2. The standard InChI is InChI=1S/C26H23F6N3S/c27-25(28,29)11-20-9-21-22(33-14-34-23(21)36-20)35-12-24(13-35)4-3-16(10-24)5-15-1-2-17-7-19(26(30,31)32)8-18(17)6-15/h1-2,6-7,9,14,16H,3-5,8,10-13H2. The largest absolute Gasteiger partial charge is 0.413 e. The van der Waals surface area contributed by atoms with Gasteiger partial charge in [-0.25, -0.2) is 9.97 Å². The van der Waals surface area contributed by atoms with E-state index in [9.17, 15) is 26.3 Å². The average Bonchev–Trinajstić information content (AvgIpc) is 3.46. The molecule has 3 heterocycles. The van der Waals surface area contributed by atoms with E-state index in [2.05, 4.69) is 14.9 Å². The van der Waals surface area contributed by atoms with E-state index in [-0.39, 0.29) is 16.7 Å². The molecular weight excluding hydrogens is 500 g/mol. The van der Waals surface area contributed by atoms with Gasteiger partial charge >= 0.3 is 12.4 Å². The third-order valence-corrected chi connectivity index (χ3v) is 8.74. The van der Waals surface area contributed by atoms with E-state index in [1.807, 2.05) is 12.1 Å². The number of benzene rings is 1. The molecule has 3 aromatic rings. The van der Waals surface area contributed by atoms with Crippen LogP contribution in [-0.2, 0) is 19.3 Å². The Morgan fingerprint density at radius 1 is 1.06 bits per heavy atom. The fourth-order valence-electron chi connectivity index (χ4n) is 6.17. The van der Waals surface area contributed by atoms with Gasteiger partial charge in [-0.05, 0) is 60.4 Å². The van der Waals surface area contributed by atoms with E-state index in [4.69, 9.17) is 0 Å². The van der Waals surface area contributed by atoms with Gasteiger partial charge in [0.05, 0.1) is 11.8 Å². The highest BCUT2D eigenvalue weighted by Crippen LogP contribution is 2.51. The molecule has 2 aromatic heterocycles. The van der Waals surface area contributed by atoms with Crippen LogP contribution < -0.4 is 4.90 Å². The van der Waals surface area contributed by atoms with Crippen molar-refractivity contribution in [2.75, 3.05) is 18.0 Å². The Morgan fingerprint density at radius 3 is 2.61 bits per heavy atom. The maximum absolute atomic E-state index is 13.1. The summed E-state index contributed by atoms with van der Waals surface area (Å²) in [7, 11) is 0. The summed E-state index contributed by atoms with van der Waals surface area (Å²) in [6.45, 7) is 1.62. The van der Waals surface area contributed by atoms with Crippen molar-refractivity contribution < 1.29 is 26.3 Å². The van der Waals surface area contributed by atoms with Crippen LogP contribution in [0.3, 0.4) is 0 Å². The Morgan fingerprint density at radius 2 is 1.86 bits per heavy atom. The summed E-state index contributed by atoms with van der Waals surface area (Å²) in [5.74, 6) is 1.16. The Kier molecular flexibility index (Phi) is 5.41. The number of thiophene rings is 1. The van der Waals surface area contributed by atoms with Crippen molar-refractivity contribution in [1.82, 2.24) is 9.97 Å². The summed E-state index contributed by atoms with van der Waals surface area (Å²) < 4.78 is 77.7. The van der Waals surface area contributed by atoms with Crippen molar-refractivity contribution in [2.24, 2.45) is 11.3 Å². The molecule has 0 radical (unpaired) electrons. The Balaban J connectivity index is 1.10. The molecule has 10 heteroatoms. The van der Waals surface area contributed by atoms with Crippen LogP contribution in [0.5, 0.6) is 0 Å². The zero-order chi connectivity index (χ0) is 25.3. The van der Waals surface area contributed by atoms with Crippen LogP contribution in [0.25, 0.3) is 16.3 Å². The molecule has 36 heavy (non-hydrogen) atoms. The van der Waals surface area contributed by atoms with Crippen molar-refractivity contribution >= 4 is 33.4 Å². The highest BCUT2D eigenvalue weighted by molar-refractivity contribution is 7.18. The molecule has 1 saturated carbocycles. The lowest BCUT2D eigenvalue weighted by Crippen LogP contribution is -2.55. The van der Waals surface area contributed by atoms with Crippen LogP contribution in [0.1, 0.15) is 40.8 Å². The van der Waals surface area contributed by atoms with Crippen molar-refractivity contribution in [1.29, 1.82) is 0 Å². The summed E-state index contributed by atoms with van der Waals surface area (Å²) in [5, 5.41) is 0.677. The summed E-state index contributed by atoms with van der Waals surface area (Å²) in [5.41, 5.74) is 2.16. The molecule has 1 aromatic carbocycles. The molecule has 3 aliphatic rings. The number of alkyl halides is 6. The number of anilines is 1. The molecule has 2 aliphatic carbocycles. The maximum Gasteiger partial charge on any atom is 0.413 e. The number of halogens is 6. The number of nitrogens with zero attached hydrogens (tertiary/aromatic N) is 3. The molecule has 1 atom stereocenters. The number of rotatable bonds is 4. The molecule has 2 fully saturated rings. The van der Waals surface area contributed by atoms with Gasteiger partial charge in [0.25, 0.3) is 0 Å². The topological polar surface area (TPSA) is 29.0 Å². The highest BCUT2D eigenvalue weighted by atomic mass is 32.1. The number of fused-ring (bicyclic) bond motifs is 2. The quantitative estimate of drug-likeness (QED) is 0.340. The lowest BCUT2D eigenvalue weighted by Gasteiger charge is -2.49. The second-order valence-corrected chi connectivity index (χ2v) is 11.6. The first-order chi connectivity index (χ1) is 17.0. The summed E-state index contributed by atoms with van der Waals surface area (Å²) >= 11 is 1.06. The van der Waals surface area contributed by atoms with Crippen LogP contribution >= 0.6 is 11.3 Å². The molecule has 0 amide bonds. The Hall–Kier alpha value is -2.62. The smallest absolute Gasteiger partial charge is 0.355 e. The second-order valence-electron chi connectivity index (χ2n) is 10.5. The predicted molar refractivity (Wildman–Crippen MR) is 127 cm³/mol. The molecule has 3 nitrogen and oxygen atoms in total. The van der Waals surface area contributed by atoms with Crippen LogP contribution in [-0.4, -0.2) is 35.4 Å². The minimum atomic E-state index is -4.29. The maximum atomic E-state index is 13.1. The van der Waals surface area contributed by atoms with E-state index in [0.717, 1.165) is 61.2 Å². The molecular formula is C26H23F6N3S. The summed E-state index contributed by atoms with van der Waals surface area (Å²) in [6, 6.07) is 7.24. The van der Waals surface area contributed by atoms with Gasteiger partial charge in [-0.15, -0.1) is 11.3 Å². The highest BCUT2D eigenvalue weighted by Gasteiger charge is 2.48. The fourth-order valence-corrected chi connectivity index (χ4v) is 7.19. The monoisotopic (exact) mass is 523 g/mol. The minimum Gasteiger partial charge on any atom is -0.355 e. The number of aromatic nitrogens is 2. The van der Waals surface area contributed by atoms with Crippen LogP contribution in [0.2, 0.25) is 0 Å². The van der Waals surface area contributed by atoms with Crippen LogP contribution in [0.4, 0.5) is 32.2 Å². The molecule has 0 N–H and O–H groups in total. The van der Waals surface area contributed by atoms with Gasteiger partial charge in [0.1, 0.15) is 17.0 Å². The van der Waals surface area contributed by atoms with Gasteiger partial charge in [-0.3, -0.25) is 0 Å². The van der Waals surface area contributed by atoms with Gasteiger partial charge < -0.3 is 4.90 Å². The van der Waals surface area contributed by atoms with Crippen molar-refractivity contribution in [3.8, 4) is 0 Å². The first kappa shape index (κ1) is 23.8. The zero-order valence-corrected chi connectivity index (χ0v) is 20.0. The second kappa shape index (κ2) is 8.19.